The Bertz CT molecular complexity index is 777. The second-order valence-electron chi connectivity index (χ2n) is 4.35. The standard InChI is InChI=1S/C12H12N6OS/c1-7-3-4-18-11(13-7)16-17-12(18)15-10(19)5-9-6-20-8(2)14-9/h3-4,6H,5H2,1-2H3,(H,15,17,19). The number of fused-ring (bicyclic) bond motifs is 1. The summed E-state index contributed by atoms with van der Waals surface area (Å²) in [5, 5.41) is 13.4. The molecule has 0 saturated heterocycles. The molecule has 7 nitrogen and oxygen atoms in total. The zero-order valence-electron chi connectivity index (χ0n) is 11.0. The first-order chi connectivity index (χ1) is 9.61. The molecule has 20 heavy (non-hydrogen) atoms. The number of nitrogens with one attached hydrogen (secondary N) is 1. The Morgan fingerprint density at radius 3 is 2.95 bits per heavy atom. The normalized spacial score (nSPS) is 10.9. The molecule has 0 fully saturated rings. The van der Waals surface area contributed by atoms with Crippen LogP contribution in [-0.2, 0) is 11.2 Å². The highest BCUT2D eigenvalue weighted by Gasteiger charge is 2.11. The molecule has 0 bridgehead atoms. The molecule has 0 unspecified atom stereocenters. The van der Waals surface area contributed by atoms with Crippen LogP contribution in [0.3, 0.4) is 0 Å². The summed E-state index contributed by atoms with van der Waals surface area (Å²) in [7, 11) is 0. The molecule has 1 amide bonds. The Kier molecular flexibility index (Phi) is 3.15. The maximum Gasteiger partial charge on any atom is 0.256 e. The molecule has 8 heteroatoms. The van der Waals surface area contributed by atoms with Gasteiger partial charge in [-0.1, -0.05) is 0 Å². The number of amides is 1. The molecule has 0 aromatic carbocycles. The number of carbonyl (C=O) groups excluding carboxylic acids is 1. The van der Waals surface area contributed by atoms with Crippen molar-refractivity contribution in [1.82, 2.24) is 24.6 Å². The van der Waals surface area contributed by atoms with Crippen LogP contribution in [0.5, 0.6) is 0 Å². The summed E-state index contributed by atoms with van der Waals surface area (Å²) in [6.45, 7) is 3.78. The summed E-state index contributed by atoms with van der Waals surface area (Å²) >= 11 is 1.52. The number of hydrogen-bond donors (Lipinski definition) is 1. The average molecular weight is 288 g/mol. The van der Waals surface area contributed by atoms with Gasteiger partial charge >= 0.3 is 0 Å². The van der Waals surface area contributed by atoms with E-state index in [1.165, 1.54) is 11.3 Å². The van der Waals surface area contributed by atoms with Crippen molar-refractivity contribution in [3.8, 4) is 0 Å². The van der Waals surface area contributed by atoms with Crippen molar-refractivity contribution in [3.05, 3.63) is 34.0 Å². The number of anilines is 1. The van der Waals surface area contributed by atoms with Gasteiger partial charge < -0.3 is 0 Å². The Balaban J connectivity index is 1.77. The van der Waals surface area contributed by atoms with Gasteiger partial charge in [0.15, 0.2) is 0 Å². The molecule has 3 aromatic heterocycles. The Labute approximate surface area is 118 Å². The van der Waals surface area contributed by atoms with Crippen LogP contribution in [0.2, 0.25) is 0 Å². The maximum atomic E-state index is 12.0. The first-order valence-corrected chi connectivity index (χ1v) is 6.89. The van der Waals surface area contributed by atoms with Gasteiger partial charge in [-0.25, -0.2) is 9.97 Å². The fourth-order valence-electron chi connectivity index (χ4n) is 1.78. The molecule has 0 spiro atoms. The van der Waals surface area contributed by atoms with E-state index in [9.17, 15) is 4.79 Å². The van der Waals surface area contributed by atoms with E-state index in [1.54, 1.807) is 10.6 Å². The van der Waals surface area contributed by atoms with Crippen LogP contribution in [0, 0.1) is 13.8 Å². The number of aromatic nitrogens is 5. The van der Waals surface area contributed by atoms with Crippen molar-refractivity contribution >= 4 is 29.0 Å². The fraction of sp³-hybridized carbons (Fsp3) is 0.250. The second kappa shape index (κ2) is 4.97. The van der Waals surface area contributed by atoms with Crippen molar-refractivity contribution < 1.29 is 4.79 Å². The predicted octanol–water partition coefficient (Wildman–Crippen LogP) is 1.38. The van der Waals surface area contributed by atoms with E-state index in [1.807, 2.05) is 25.3 Å². The van der Waals surface area contributed by atoms with Crippen LogP contribution in [0.1, 0.15) is 16.4 Å². The average Bonchev–Trinajstić information content (AvgIpc) is 2.96. The lowest BCUT2D eigenvalue weighted by atomic mass is 10.3. The zero-order chi connectivity index (χ0) is 14.1. The summed E-state index contributed by atoms with van der Waals surface area (Å²) in [5.41, 5.74) is 1.61. The molecule has 3 aromatic rings. The molecule has 0 saturated carbocycles. The van der Waals surface area contributed by atoms with E-state index in [0.29, 0.717) is 11.7 Å². The van der Waals surface area contributed by atoms with E-state index in [2.05, 4.69) is 25.5 Å². The number of nitrogens with zero attached hydrogens (tertiary/aromatic N) is 5. The number of aryl methyl sites for hydroxylation is 2. The molecule has 3 heterocycles. The lowest BCUT2D eigenvalue weighted by molar-refractivity contribution is -0.115. The maximum absolute atomic E-state index is 12.0. The largest absolute Gasteiger partial charge is 0.294 e. The van der Waals surface area contributed by atoms with Crippen molar-refractivity contribution in [2.24, 2.45) is 0 Å². The van der Waals surface area contributed by atoms with Crippen LogP contribution >= 0.6 is 11.3 Å². The van der Waals surface area contributed by atoms with Gasteiger partial charge in [0.05, 0.1) is 17.1 Å². The summed E-state index contributed by atoms with van der Waals surface area (Å²) in [6, 6.07) is 1.83. The van der Waals surface area contributed by atoms with Crippen molar-refractivity contribution in [2.75, 3.05) is 5.32 Å². The molecular formula is C12H12N6OS. The lowest BCUT2D eigenvalue weighted by Gasteiger charge is -2.01. The van der Waals surface area contributed by atoms with Crippen molar-refractivity contribution in [1.29, 1.82) is 0 Å². The summed E-state index contributed by atoms with van der Waals surface area (Å²) in [5.74, 6) is 0.652. The van der Waals surface area contributed by atoms with Crippen LogP contribution in [0.25, 0.3) is 5.78 Å². The topological polar surface area (TPSA) is 85.1 Å². The highest BCUT2D eigenvalue weighted by molar-refractivity contribution is 7.09. The third-order valence-electron chi connectivity index (χ3n) is 2.68. The quantitative estimate of drug-likeness (QED) is 0.787. The predicted molar refractivity (Wildman–Crippen MR) is 74.7 cm³/mol. The lowest BCUT2D eigenvalue weighted by Crippen LogP contribution is -2.16. The second-order valence-corrected chi connectivity index (χ2v) is 5.41. The van der Waals surface area contributed by atoms with Crippen molar-refractivity contribution in [3.63, 3.8) is 0 Å². The minimum atomic E-state index is -0.176. The van der Waals surface area contributed by atoms with Gasteiger partial charge in [0.2, 0.25) is 11.9 Å². The van der Waals surface area contributed by atoms with E-state index in [0.717, 1.165) is 16.4 Å². The first-order valence-electron chi connectivity index (χ1n) is 6.01. The highest BCUT2D eigenvalue weighted by atomic mass is 32.1. The van der Waals surface area contributed by atoms with Gasteiger partial charge in [-0.3, -0.25) is 14.5 Å². The van der Waals surface area contributed by atoms with Gasteiger partial charge in [-0.05, 0) is 19.9 Å². The smallest absolute Gasteiger partial charge is 0.256 e. The molecule has 0 aliphatic heterocycles. The number of thiazole rings is 1. The van der Waals surface area contributed by atoms with Gasteiger partial charge in [-0.15, -0.1) is 21.5 Å². The fourth-order valence-corrected chi connectivity index (χ4v) is 2.39. The van der Waals surface area contributed by atoms with Crippen LogP contribution < -0.4 is 5.32 Å². The van der Waals surface area contributed by atoms with E-state index in [-0.39, 0.29) is 12.3 Å². The molecule has 0 aliphatic rings. The minimum Gasteiger partial charge on any atom is -0.294 e. The van der Waals surface area contributed by atoms with Crippen molar-refractivity contribution in [2.45, 2.75) is 20.3 Å². The van der Waals surface area contributed by atoms with Gasteiger partial charge in [0.1, 0.15) is 0 Å². The SMILES string of the molecule is Cc1ccn2c(NC(=O)Cc3csc(C)n3)nnc2n1. The number of hydrogen-bond acceptors (Lipinski definition) is 6. The summed E-state index contributed by atoms with van der Waals surface area (Å²) < 4.78 is 1.64. The monoisotopic (exact) mass is 288 g/mol. The summed E-state index contributed by atoms with van der Waals surface area (Å²) in [6.07, 6.45) is 2.00. The Morgan fingerprint density at radius 1 is 1.35 bits per heavy atom. The van der Waals surface area contributed by atoms with Gasteiger partial charge in [0, 0.05) is 17.3 Å². The number of carbonyl (C=O) groups is 1. The number of rotatable bonds is 3. The third-order valence-corrected chi connectivity index (χ3v) is 3.50. The minimum absolute atomic E-state index is 0.176. The van der Waals surface area contributed by atoms with E-state index >= 15 is 0 Å². The van der Waals surface area contributed by atoms with E-state index < -0.39 is 0 Å². The Hall–Kier alpha value is -2.35. The van der Waals surface area contributed by atoms with Gasteiger partial charge in [0.25, 0.3) is 5.78 Å². The first kappa shape index (κ1) is 12.7. The van der Waals surface area contributed by atoms with Gasteiger partial charge in [-0.2, -0.15) is 0 Å². The van der Waals surface area contributed by atoms with Crippen LogP contribution in [-0.4, -0.2) is 30.5 Å². The molecule has 102 valence electrons. The Morgan fingerprint density at radius 2 is 2.20 bits per heavy atom. The summed E-state index contributed by atoms with van der Waals surface area (Å²) in [4.78, 5) is 20.4. The van der Waals surface area contributed by atoms with Crippen LogP contribution in [0.4, 0.5) is 5.95 Å². The third kappa shape index (κ3) is 2.50. The molecule has 0 radical (unpaired) electrons. The molecule has 1 N–H and O–H groups in total. The highest BCUT2D eigenvalue weighted by Crippen LogP contribution is 2.10. The zero-order valence-corrected chi connectivity index (χ0v) is 11.8. The molecule has 0 aliphatic carbocycles. The molecule has 3 rings (SSSR count). The molecular weight excluding hydrogens is 276 g/mol. The van der Waals surface area contributed by atoms with E-state index in [4.69, 9.17) is 0 Å². The van der Waals surface area contributed by atoms with Crippen LogP contribution in [0.15, 0.2) is 17.6 Å². The molecule has 0 atom stereocenters.